The van der Waals surface area contributed by atoms with Gasteiger partial charge in [-0.3, -0.25) is 4.79 Å². The normalized spacial score (nSPS) is 12.8. The zero-order chi connectivity index (χ0) is 26.1. The van der Waals surface area contributed by atoms with E-state index in [4.69, 9.17) is 11.5 Å². The first-order valence-corrected chi connectivity index (χ1v) is 11.7. The van der Waals surface area contributed by atoms with Crippen LogP contribution in [-0.4, -0.2) is 17.7 Å². The molecule has 7 heteroatoms. The second-order valence-corrected chi connectivity index (χ2v) is 8.66. The number of carboxylic acids is 2. The number of allylic oxidation sites excluding steroid dienone is 1. The Bertz CT molecular complexity index is 1250. The summed E-state index contributed by atoms with van der Waals surface area (Å²) in [6, 6.07) is 20.4. The Kier molecular flexibility index (Phi) is 8.62. The topological polar surface area (TPSA) is 149 Å². The fourth-order valence-electron chi connectivity index (χ4n) is 4.32. The molecule has 3 rings (SSSR count). The third-order valence-electron chi connectivity index (χ3n) is 6.21. The van der Waals surface area contributed by atoms with Crippen molar-refractivity contribution in [3.05, 3.63) is 101 Å². The van der Waals surface area contributed by atoms with E-state index >= 15 is 0 Å². The van der Waals surface area contributed by atoms with E-state index in [2.05, 4.69) is 0 Å². The number of rotatable bonds is 12. The fraction of sp³-hybridized carbons (Fsp3) is 0.207. The monoisotopic (exact) mass is 484 g/mol. The maximum absolute atomic E-state index is 12.7. The summed E-state index contributed by atoms with van der Waals surface area (Å²) in [5, 5.41) is 23.5. The first kappa shape index (κ1) is 26.2. The molecular formula is C29H28N2O5-2. The molecule has 7 nitrogen and oxygen atoms in total. The number of nitrogen functional groups attached to an aromatic ring is 2. The highest BCUT2D eigenvalue weighted by molar-refractivity contribution is 6.06. The van der Waals surface area contributed by atoms with Crippen molar-refractivity contribution in [3.8, 4) is 0 Å². The summed E-state index contributed by atoms with van der Waals surface area (Å²) < 4.78 is 0. The van der Waals surface area contributed by atoms with Crippen molar-refractivity contribution < 1.29 is 24.6 Å². The van der Waals surface area contributed by atoms with Crippen molar-refractivity contribution in [1.82, 2.24) is 0 Å². The van der Waals surface area contributed by atoms with Gasteiger partial charge in [0.25, 0.3) is 0 Å². The number of anilines is 2. The first-order chi connectivity index (χ1) is 17.2. The molecule has 0 aliphatic rings. The molecule has 0 aromatic heterocycles. The molecule has 4 N–H and O–H groups in total. The van der Waals surface area contributed by atoms with Crippen LogP contribution in [0.5, 0.6) is 0 Å². The highest BCUT2D eigenvalue weighted by Crippen LogP contribution is 2.41. The van der Waals surface area contributed by atoms with Gasteiger partial charge in [0.15, 0.2) is 5.78 Å². The number of carboxylic acid groups (broad SMARTS) is 2. The van der Waals surface area contributed by atoms with E-state index in [9.17, 15) is 24.6 Å². The molecule has 36 heavy (non-hydrogen) atoms. The van der Waals surface area contributed by atoms with E-state index in [0.717, 1.165) is 5.56 Å². The minimum Gasteiger partial charge on any atom is -0.550 e. The highest BCUT2D eigenvalue weighted by atomic mass is 16.4. The summed E-state index contributed by atoms with van der Waals surface area (Å²) >= 11 is 0. The van der Waals surface area contributed by atoms with Crippen LogP contribution in [0.4, 0.5) is 11.4 Å². The Hall–Kier alpha value is -4.39. The molecule has 0 bridgehead atoms. The summed E-state index contributed by atoms with van der Waals surface area (Å²) in [5.74, 6) is -2.60. The van der Waals surface area contributed by atoms with Gasteiger partial charge in [-0.05, 0) is 54.2 Å². The first-order valence-electron chi connectivity index (χ1n) is 11.7. The van der Waals surface area contributed by atoms with Crippen molar-refractivity contribution >= 4 is 35.2 Å². The summed E-state index contributed by atoms with van der Waals surface area (Å²) in [5.41, 5.74) is 13.2. The van der Waals surface area contributed by atoms with Crippen LogP contribution in [-0.2, 0) is 15.0 Å². The minimum atomic E-state index is -1.57. The molecule has 0 saturated heterocycles. The predicted octanol–water partition coefficient (Wildman–Crippen LogP) is 2.48. The number of hydrogen-bond acceptors (Lipinski definition) is 7. The number of nitrogens with two attached hydrogens (primary N) is 2. The fourth-order valence-corrected chi connectivity index (χ4v) is 4.32. The number of carbonyl (C=O) groups is 3. The molecule has 0 fully saturated rings. The maximum Gasteiger partial charge on any atom is 0.185 e. The van der Waals surface area contributed by atoms with Crippen LogP contribution < -0.4 is 21.7 Å². The van der Waals surface area contributed by atoms with E-state index in [1.54, 1.807) is 66.7 Å². The van der Waals surface area contributed by atoms with Gasteiger partial charge in [0, 0.05) is 22.9 Å². The van der Waals surface area contributed by atoms with Crippen LogP contribution in [0, 0.1) is 0 Å². The lowest BCUT2D eigenvalue weighted by molar-refractivity contribution is -0.312. The van der Waals surface area contributed by atoms with E-state index in [1.807, 2.05) is 6.07 Å². The summed E-state index contributed by atoms with van der Waals surface area (Å²) in [6.45, 7) is 0. The van der Waals surface area contributed by atoms with Gasteiger partial charge in [0.1, 0.15) is 0 Å². The highest BCUT2D eigenvalue weighted by Gasteiger charge is 2.37. The van der Waals surface area contributed by atoms with Gasteiger partial charge in [0.05, 0.1) is 11.4 Å². The molecule has 3 aromatic rings. The molecule has 1 atom stereocenters. The molecule has 3 aromatic carbocycles. The molecular weight excluding hydrogens is 456 g/mol. The number of carbonyl (C=O) groups excluding carboxylic acids is 3. The average molecular weight is 485 g/mol. The zero-order valence-electron chi connectivity index (χ0n) is 19.8. The van der Waals surface area contributed by atoms with Crippen LogP contribution in [0.15, 0.2) is 78.9 Å². The SMILES string of the molecule is Nc1ccc(C(CCCCCC(=O)[O-])(C(=O)[O-])c2ccc(/C=C/C(=O)c3ccccc3)cc2)c(N)c1. The second-order valence-electron chi connectivity index (χ2n) is 8.66. The molecule has 0 spiro atoms. The van der Waals surface area contributed by atoms with Gasteiger partial charge in [0.2, 0.25) is 0 Å². The number of unbranched alkanes of at least 4 members (excludes halogenated alkanes) is 2. The van der Waals surface area contributed by atoms with Gasteiger partial charge >= 0.3 is 0 Å². The quantitative estimate of drug-likeness (QED) is 0.174. The van der Waals surface area contributed by atoms with Crippen molar-refractivity contribution in [2.45, 2.75) is 37.5 Å². The number of hydrogen-bond donors (Lipinski definition) is 2. The molecule has 0 saturated carbocycles. The van der Waals surface area contributed by atoms with Crippen LogP contribution in [0.3, 0.4) is 0 Å². The Morgan fingerprint density at radius 3 is 2.14 bits per heavy atom. The van der Waals surface area contributed by atoms with Crippen LogP contribution in [0.1, 0.15) is 59.2 Å². The Labute approximate surface area is 210 Å². The molecule has 0 heterocycles. The largest absolute Gasteiger partial charge is 0.550 e. The van der Waals surface area contributed by atoms with Gasteiger partial charge in [-0.25, -0.2) is 0 Å². The second kappa shape index (κ2) is 11.8. The van der Waals surface area contributed by atoms with Crippen LogP contribution >= 0.6 is 0 Å². The van der Waals surface area contributed by atoms with E-state index in [0.29, 0.717) is 41.6 Å². The summed E-state index contributed by atoms with van der Waals surface area (Å²) in [7, 11) is 0. The third kappa shape index (κ3) is 6.18. The van der Waals surface area contributed by atoms with Gasteiger partial charge in [-0.15, -0.1) is 0 Å². The van der Waals surface area contributed by atoms with Crippen molar-refractivity contribution in [2.24, 2.45) is 0 Å². The Morgan fingerprint density at radius 2 is 1.53 bits per heavy atom. The molecule has 0 aliphatic heterocycles. The lowest BCUT2D eigenvalue weighted by atomic mass is 9.70. The number of ketones is 1. The van der Waals surface area contributed by atoms with E-state index < -0.39 is 17.4 Å². The van der Waals surface area contributed by atoms with Gasteiger partial charge < -0.3 is 31.3 Å². The number of benzene rings is 3. The third-order valence-corrected chi connectivity index (χ3v) is 6.21. The van der Waals surface area contributed by atoms with Crippen molar-refractivity contribution in [2.75, 3.05) is 11.5 Å². The molecule has 1 unspecified atom stereocenters. The lowest BCUT2D eigenvalue weighted by Gasteiger charge is -2.37. The minimum absolute atomic E-state index is 0.0922. The van der Waals surface area contributed by atoms with Gasteiger partial charge in [-0.2, -0.15) is 0 Å². The van der Waals surface area contributed by atoms with E-state index in [1.165, 1.54) is 12.1 Å². The standard InChI is InChI=1S/C29H30N2O5/c30-23-15-16-24(25(31)19-23)29(28(35)36,18-6-2-5-9-27(33)34)22-13-10-20(11-14-22)12-17-26(32)21-7-3-1-4-8-21/h1,3-4,7-8,10-17,19H,2,5-6,9,18,30-31H2,(H,33,34)(H,35,36)/p-2/b17-12+. The molecule has 0 amide bonds. The lowest BCUT2D eigenvalue weighted by Crippen LogP contribution is -2.47. The number of aliphatic carboxylic acids is 2. The predicted molar refractivity (Wildman–Crippen MR) is 135 cm³/mol. The smallest absolute Gasteiger partial charge is 0.185 e. The summed E-state index contributed by atoms with van der Waals surface area (Å²) in [6.07, 6.45) is 4.49. The molecule has 186 valence electrons. The average Bonchev–Trinajstić information content (AvgIpc) is 2.86. The van der Waals surface area contributed by atoms with E-state index in [-0.39, 0.29) is 24.3 Å². The van der Waals surface area contributed by atoms with Crippen molar-refractivity contribution in [3.63, 3.8) is 0 Å². The zero-order valence-corrected chi connectivity index (χ0v) is 19.8. The van der Waals surface area contributed by atoms with Crippen LogP contribution in [0.25, 0.3) is 6.08 Å². The molecule has 0 aliphatic carbocycles. The van der Waals surface area contributed by atoms with Gasteiger partial charge in [-0.1, -0.05) is 79.6 Å². The van der Waals surface area contributed by atoms with Crippen molar-refractivity contribution in [1.29, 1.82) is 0 Å². The Balaban J connectivity index is 1.93. The van der Waals surface area contributed by atoms with Crippen LogP contribution in [0.2, 0.25) is 0 Å². The maximum atomic E-state index is 12.7. The molecule has 0 radical (unpaired) electrons. The summed E-state index contributed by atoms with van der Waals surface area (Å²) in [4.78, 5) is 35.8. The Morgan fingerprint density at radius 1 is 0.833 bits per heavy atom.